The van der Waals surface area contributed by atoms with Gasteiger partial charge in [0.05, 0.1) is 13.7 Å². The third-order valence-corrected chi connectivity index (χ3v) is 4.68. The van der Waals surface area contributed by atoms with E-state index in [1.165, 1.54) is 13.5 Å². The Hall–Kier alpha value is -1.14. The first-order chi connectivity index (χ1) is 9.58. The van der Waals surface area contributed by atoms with Gasteiger partial charge in [-0.25, -0.2) is 0 Å². The van der Waals surface area contributed by atoms with Crippen molar-refractivity contribution in [3.8, 4) is 0 Å². The van der Waals surface area contributed by atoms with Crippen LogP contribution in [0.5, 0.6) is 0 Å². The Balaban J connectivity index is 1.75. The Morgan fingerprint density at radius 1 is 1.20 bits per heavy atom. The third kappa shape index (κ3) is 3.49. The van der Waals surface area contributed by atoms with Crippen LogP contribution in [0.3, 0.4) is 0 Å². The fourth-order valence-corrected chi connectivity index (χ4v) is 2.96. The summed E-state index contributed by atoms with van der Waals surface area (Å²) < 4.78 is 4.65. The Labute approximate surface area is 120 Å². The third-order valence-electron chi connectivity index (χ3n) is 4.68. The molecular weight excluding hydrogens is 258 g/mol. The number of hydrogen-bond donors (Lipinski definition) is 1. The number of carbonyl (C=O) groups is 2. The zero-order valence-electron chi connectivity index (χ0n) is 12.3. The summed E-state index contributed by atoms with van der Waals surface area (Å²) in [4.78, 5) is 27.5. The molecule has 0 spiro atoms. The standard InChI is InChI=1S/C14H25N3O3/c1-20-13(19)10-16-5-7-17(8-6-16)12(18)9-14(11-15)3-2-4-14/h2-11,15H2,1H3. The van der Waals surface area contributed by atoms with Crippen molar-refractivity contribution in [2.75, 3.05) is 46.4 Å². The van der Waals surface area contributed by atoms with E-state index in [0.29, 0.717) is 32.6 Å². The summed E-state index contributed by atoms with van der Waals surface area (Å²) in [5.41, 5.74) is 5.88. The number of ether oxygens (including phenoxy) is 1. The maximum absolute atomic E-state index is 12.3. The molecule has 1 saturated carbocycles. The van der Waals surface area contributed by atoms with E-state index in [1.807, 2.05) is 9.80 Å². The van der Waals surface area contributed by atoms with Crippen molar-refractivity contribution in [3.05, 3.63) is 0 Å². The summed E-state index contributed by atoms with van der Waals surface area (Å²) >= 11 is 0. The minimum atomic E-state index is -0.221. The minimum absolute atomic E-state index is 0.0697. The lowest BCUT2D eigenvalue weighted by atomic mass is 9.66. The normalized spacial score (nSPS) is 22.2. The van der Waals surface area contributed by atoms with Gasteiger partial charge in [0.25, 0.3) is 0 Å². The maximum atomic E-state index is 12.3. The van der Waals surface area contributed by atoms with Crippen LogP contribution in [0.2, 0.25) is 0 Å². The maximum Gasteiger partial charge on any atom is 0.319 e. The van der Waals surface area contributed by atoms with Crippen molar-refractivity contribution in [1.82, 2.24) is 9.80 Å². The van der Waals surface area contributed by atoms with Crippen molar-refractivity contribution in [1.29, 1.82) is 0 Å². The van der Waals surface area contributed by atoms with Crippen LogP contribution in [0.25, 0.3) is 0 Å². The number of nitrogens with two attached hydrogens (primary N) is 1. The van der Waals surface area contributed by atoms with E-state index in [0.717, 1.165) is 25.9 Å². The van der Waals surface area contributed by atoms with Gasteiger partial charge in [0.15, 0.2) is 0 Å². The number of hydrogen-bond acceptors (Lipinski definition) is 5. The first-order valence-electron chi connectivity index (χ1n) is 7.35. The molecule has 6 heteroatoms. The van der Waals surface area contributed by atoms with Crippen molar-refractivity contribution in [2.45, 2.75) is 25.7 Å². The van der Waals surface area contributed by atoms with Crippen LogP contribution in [0.1, 0.15) is 25.7 Å². The van der Waals surface area contributed by atoms with Gasteiger partial charge in [0.2, 0.25) is 5.91 Å². The fourth-order valence-electron chi connectivity index (χ4n) is 2.96. The van der Waals surface area contributed by atoms with Crippen molar-refractivity contribution >= 4 is 11.9 Å². The smallest absolute Gasteiger partial charge is 0.319 e. The van der Waals surface area contributed by atoms with Gasteiger partial charge in [-0.05, 0) is 24.8 Å². The predicted molar refractivity (Wildman–Crippen MR) is 75.0 cm³/mol. The second-order valence-corrected chi connectivity index (χ2v) is 5.97. The van der Waals surface area contributed by atoms with Crippen molar-refractivity contribution < 1.29 is 14.3 Å². The SMILES string of the molecule is COC(=O)CN1CCN(C(=O)CC2(CN)CCC2)CC1. The van der Waals surface area contributed by atoms with Crippen LogP contribution in [0, 0.1) is 5.41 Å². The topological polar surface area (TPSA) is 75.9 Å². The molecule has 1 aliphatic heterocycles. The van der Waals surface area contributed by atoms with E-state index >= 15 is 0 Å². The Kier molecular flexibility index (Phi) is 4.99. The van der Waals surface area contributed by atoms with Gasteiger partial charge < -0.3 is 15.4 Å². The average molecular weight is 283 g/mol. The van der Waals surface area contributed by atoms with Gasteiger partial charge in [-0.15, -0.1) is 0 Å². The fraction of sp³-hybridized carbons (Fsp3) is 0.857. The van der Waals surface area contributed by atoms with E-state index in [-0.39, 0.29) is 17.3 Å². The van der Waals surface area contributed by atoms with Crippen LogP contribution >= 0.6 is 0 Å². The van der Waals surface area contributed by atoms with Crippen molar-refractivity contribution in [3.63, 3.8) is 0 Å². The average Bonchev–Trinajstić information content (AvgIpc) is 2.43. The Morgan fingerprint density at radius 3 is 2.30 bits per heavy atom. The van der Waals surface area contributed by atoms with E-state index in [4.69, 9.17) is 5.73 Å². The summed E-state index contributed by atoms with van der Waals surface area (Å²) in [6, 6.07) is 0. The molecule has 0 aromatic rings. The van der Waals surface area contributed by atoms with E-state index < -0.39 is 0 Å². The summed E-state index contributed by atoms with van der Waals surface area (Å²) in [5, 5.41) is 0. The van der Waals surface area contributed by atoms with Gasteiger partial charge in [0.1, 0.15) is 0 Å². The number of amides is 1. The molecule has 2 rings (SSSR count). The number of nitrogens with zero attached hydrogens (tertiary/aromatic N) is 2. The summed E-state index contributed by atoms with van der Waals surface area (Å²) in [6.07, 6.45) is 3.94. The van der Waals surface area contributed by atoms with Crippen LogP contribution in [-0.2, 0) is 14.3 Å². The zero-order chi connectivity index (χ0) is 14.6. The van der Waals surface area contributed by atoms with Gasteiger partial charge in [-0.1, -0.05) is 6.42 Å². The summed E-state index contributed by atoms with van der Waals surface area (Å²) in [6.45, 7) is 3.77. The quantitative estimate of drug-likeness (QED) is 0.709. The highest BCUT2D eigenvalue weighted by Crippen LogP contribution is 2.43. The lowest BCUT2D eigenvalue weighted by molar-refractivity contribution is -0.143. The van der Waals surface area contributed by atoms with Crippen LogP contribution in [0.4, 0.5) is 0 Å². The van der Waals surface area contributed by atoms with Gasteiger partial charge in [-0.3, -0.25) is 14.5 Å². The molecule has 1 amide bonds. The summed E-state index contributed by atoms with van der Waals surface area (Å²) in [5.74, 6) is -0.00537. The molecule has 0 bridgehead atoms. The molecule has 1 aliphatic carbocycles. The van der Waals surface area contributed by atoms with E-state index in [1.54, 1.807) is 0 Å². The molecule has 1 heterocycles. The highest BCUT2D eigenvalue weighted by Gasteiger charge is 2.39. The van der Waals surface area contributed by atoms with Crippen LogP contribution in [0.15, 0.2) is 0 Å². The first kappa shape index (κ1) is 15.3. The molecule has 0 radical (unpaired) electrons. The molecule has 0 atom stereocenters. The highest BCUT2D eigenvalue weighted by molar-refractivity contribution is 5.77. The second-order valence-electron chi connectivity index (χ2n) is 5.97. The Bertz CT molecular complexity index is 355. The number of methoxy groups -OCH3 is 1. The molecule has 2 fully saturated rings. The molecular formula is C14H25N3O3. The number of piperazine rings is 1. The monoisotopic (exact) mass is 283 g/mol. The Morgan fingerprint density at radius 2 is 1.85 bits per heavy atom. The predicted octanol–water partition coefficient (Wildman–Crippen LogP) is -0.177. The van der Waals surface area contributed by atoms with Crippen molar-refractivity contribution in [2.24, 2.45) is 11.1 Å². The zero-order valence-corrected chi connectivity index (χ0v) is 12.3. The minimum Gasteiger partial charge on any atom is -0.468 e. The molecule has 0 unspecified atom stereocenters. The molecule has 2 aliphatic rings. The molecule has 0 aromatic carbocycles. The molecule has 2 N–H and O–H groups in total. The van der Waals surface area contributed by atoms with E-state index in [9.17, 15) is 9.59 Å². The number of esters is 1. The largest absolute Gasteiger partial charge is 0.468 e. The first-order valence-corrected chi connectivity index (χ1v) is 7.35. The van der Waals surface area contributed by atoms with Gasteiger partial charge in [0, 0.05) is 32.6 Å². The lowest BCUT2D eigenvalue weighted by Gasteiger charge is -2.42. The molecule has 0 aromatic heterocycles. The number of rotatable bonds is 5. The molecule has 20 heavy (non-hydrogen) atoms. The molecule has 6 nitrogen and oxygen atoms in total. The van der Waals surface area contributed by atoms with Gasteiger partial charge in [-0.2, -0.15) is 0 Å². The van der Waals surface area contributed by atoms with E-state index in [2.05, 4.69) is 4.74 Å². The molecule has 1 saturated heterocycles. The molecule has 114 valence electrons. The van der Waals surface area contributed by atoms with Crippen LogP contribution < -0.4 is 5.73 Å². The highest BCUT2D eigenvalue weighted by atomic mass is 16.5. The van der Waals surface area contributed by atoms with Crippen LogP contribution in [-0.4, -0.2) is 68.1 Å². The summed E-state index contributed by atoms with van der Waals surface area (Å²) in [7, 11) is 1.40. The lowest BCUT2D eigenvalue weighted by Crippen LogP contribution is -2.51. The van der Waals surface area contributed by atoms with Gasteiger partial charge >= 0.3 is 5.97 Å². The second kappa shape index (κ2) is 6.54. The number of carbonyl (C=O) groups excluding carboxylic acids is 2.